The summed E-state index contributed by atoms with van der Waals surface area (Å²) in [5.74, 6) is 0.525. The molecule has 104 valence electrons. The lowest BCUT2D eigenvalue weighted by Gasteiger charge is -2.24. The highest BCUT2D eigenvalue weighted by molar-refractivity contribution is 7.80. The van der Waals surface area contributed by atoms with Crippen molar-refractivity contribution < 1.29 is 0 Å². The molecule has 1 atom stereocenters. The van der Waals surface area contributed by atoms with Crippen LogP contribution in [0.3, 0.4) is 0 Å². The van der Waals surface area contributed by atoms with Gasteiger partial charge in [-0.3, -0.25) is 0 Å². The molecule has 2 aromatic carbocycles. The van der Waals surface area contributed by atoms with Gasteiger partial charge in [0.15, 0.2) is 0 Å². The molecule has 0 heterocycles. The van der Waals surface area contributed by atoms with Crippen molar-refractivity contribution in [3.8, 4) is 0 Å². The smallest absolute Gasteiger partial charge is 0.106 e. The Bertz CT molecular complexity index is 534. The molecular formula is C18H21NS. The zero-order valence-corrected chi connectivity index (χ0v) is 12.9. The Labute approximate surface area is 127 Å². The van der Waals surface area contributed by atoms with Crippen molar-refractivity contribution in [1.82, 2.24) is 5.32 Å². The lowest BCUT2D eigenvalue weighted by atomic mass is 9.96. The summed E-state index contributed by atoms with van der Waals surface area (Å²) in [5, 5.41) is 3.51. The Morgan fingerprint density at radius 1 is 0.950 bits per heavy atom. The second-order valence-electron chi connectivity index (χ2n) is 5.38. The van der Waals surface area contributed by atoms with Gasteiger partial charge in [0, 0.05) is 11.6 Å². The van der Waals surface area contributed by atoms with E-state index in [1.165, 1.54) is 5.56 Å². The first-order valence-corrected chi connectivity index (χ1v) is 7.47. The van der Waals surface area contributed by atoms with Crippen LogP contribution in [0.25, 0.3) is 0 Å². The summed E-state index contributed by atoms with van der Waals surface area (Å²) in [4.78, 5) is 0.834. The van der Waals surface area contributed by atoms with Gasteiger partial charge < -0.3 is 5.32 Å². The summed E-state index contributed by atoms with van der Waals surface area (Å²) >= 11 is 5.52. The van der Waals surface area contributed by atoms with Crippen LogP contribution in [0.15, 0.2) is 60.7 Å². The van der Waals surface area contributed by atoms with E-state index in [9.17, 15) is 0 Å². The fraction of sp³-hybridized carbons (Fsp3) is 0.278. The van der Waals surface area contributed by atoms with Gasteiger partial charge in [-0.2, -0.15) is 0 Å². The van der Waals surface area contributed by atoms with E-state index < -0.39 is 0 Å². The van der Waals surface area contributed by atoms with Gasteiger partial charge >= 0.3 is 0 Å². The molecule has 1 unspecified atom stereocenters. The van der Waals surface area contributed by atoms with Gasteiger partial charge in [-0.25, -0.2) is 0 Å². The first-order valence-electron chi connectivity index (χ1n) is 7.06. The molecule has 0 fully saturated rings. The van der Waals surface area contributed by atoms with Crippen LogP contribution in [0.2, 0.25) is 0 Å². The van der Waals surface area contributed by atoms with E-state index >= 15 is 0 Å². The maximum atomic E-state index is 5.52. The summed E-state index contributed by atoms with van der Waals surface area (Å²) in [6.45, 7) is 4.46. The molecule has 0 aliphatic heterocycles. The average molecular weight is 283 g/mol. The second-order valence-corrected chi connectivity index (χ2v) is 5.79. The fourth-order valence-corrected chi connectivity index (χ4v) is 2.45. The van der Waals surface area contributed by atoms with Crippen molar-refractivity contribution >= 4 is 17.2 Å². The molecule has 1 nitrogen and oxygen atoms in total. The summed E-state index contributed by atoms with van der Waals surface area (Å²) < 4.78 is 0. The van der Waals surface area contributed by atoms with Gasteiger partial charge in [-0.05, 0) is 17.9 Å². The van der Waals surface area contributed by atoms with Gasteiger partial charge in [0.2, 0.25) is 0 Å². The largest absolute Gasteiger partial charge is 0.372 e. The predicted molar refractivity (Wildman–Crippen MR) is 90.0 cm³/mol. The van der Waals surface area contributed by atoms with E-state index in [0.717, 1.165) is 17.0 Å². The van der Waals surface area contributed by atoms with Crippen LogP contribution < -0.4 is 5.32 Å². The van der Waals surface area contributed by atoms with Crippen LogP contribution in [0.1, 0.15) is 25.0 Å². The number of nitrogens with one attached hydrogen (secondary N) is 1. The topological polar surface area (TPSA) is 12.0 Å². The number of rotatable bonds is 5. The maximum absolute atomic E-state index is 5.52. The van der Waals surface area contributed by atoms with E-state index in [0.29, 0.717) is 12.0 Å². The van der Waals surface area contributed by atoms with Crippen molar-refractivity contribution in [2.45, 2.75) is 26.3 Å². The lowest BCUT2D eigenvalue weighted by Crippen LogP contribution is -2.39. The van der Waals surface area contributed by atoms with Crippen LogP contribution in [0.5, 0.6) is 0 Å². The third kappa shape index (κ3) is 4.17. The molecule has 2 rings (SSSR count). The highest BCUT2D eigenvalue weighted by Gasteiger charge is 2.15. The second kappa shape index (κ2) is 7.20. The minimum absolute atomic E-state index is 0.352. The molecule has 0 aliphatic carbocycles. The molecular weight excluding hydrogens is 262 g/mol. The minimum Gasteiger partial charge on any atom is -0.372 e. The van der Waals surface area contributed by atoms with Crippen LogP contribution in [-0.4, -0.2) is 11.0 Å². The summed E-state index contributed by atoms with van der Waals surface area (Å²) in [7, 11) is 0. The predicted octanol–water partition coefficient (Wildman–Crippen LogP) is 4.22. The molecule has 0 amide bonds. The lowest BCUT2D eigenvalue weighted by molar-refractivity contribution is 0.453. The van der Waals surface area contributed by atoms with E-state index in [-0.39, 0.29) is 0 Å². The van der Waals surface area contributed by atoms with Crippen LogP contribution in [0, 0.1) is 5.92 Å². The third-order valence-electron chi connectivity index (χ3n) is 3.46. The van der Waals surface area contributed by atoms with Gasteiger partial charge in [0.1, 0.15) is 4.99 Å². The zero-order chi connectivity index (χ0) is 14.4. The number of hydrogen-bond acceptors (Lipinski definition) is 1. The first-order chi connectivity index (χ1) is 9.66. The molecule has 2 aromatic rings. The Balaban J connectivity index is 2.05. The Morgan fingerprint density at radius 3 is 2.05 bits per heavy atom. The third-order valence-corrected chi connectivity index (χ3v) is 3.81. The summed E-state index contributed by atoms with van der Waals surface area (Å²) in [6.07, 6.45) is 0.992. The first kappa shape index (κ1) is 14.7. The van der Waals surface area contributed by atoms with E-state index in [1.54, 1.807) is 0 Å². The van der Waals surface area contributed by atoms with Crippen molar-refractivity contribution in [3.63, 3.8) is 0 Å². The van der Waals surface area contributed by atoms with Crippen molar-refractivity contribution in [2.24, 2.45) is 5.92 Å². The number of hydrogen-bond donors (Lipinski definition) is 1. The molecule has 0 radical (unpaired) electrons. The highest BCUT2D eigenvalue weighted by atomic mass is 32.1. The number of benzene rings is 2. The molecule has 0 aromatic heterocycles. The zero-order valence-electron chi connectivity index (χ0n) is 12.0. The summed E-state index contributed by atoms with van der Waals surface area (Å²) in [5.41, 5.74) is 2.43. The minimum atomic E-state index is 0.352. The molecule has 0 saturated carbocycles. The van der Waals surface area contributed by atoms with Crippen molar-refractivity contribution in [1.29, 1.82) is 0 Å². The van der Waals surface area contributed by atoms with Gasteiger partial charge in [0.25, 0.3) is 0 Å². The molecule has 0 saturated heterocycles. The monoisotopic (exact) mass is 283 g/mol. The highest BCUT2D eigenvalue weighted by Crippen LogP contribution is 2.12. The normalized spacial score (nSPS) is 12.2. The van der Waals surface area contributed by atoms with Gasteiger partial charge in [0.05, 0.1) is 0 Å². The van der Waals surface area contributed by atoms with Gasteiger partial charge in [-0.1, -0.05) is 86.7 Å². The quantitative estimate of drug-likeness (QED) is 0.825. The summed E-state index contributed by atoms with van der Waals surface area (Å²) in [6, 6.07) is 21.1. The SMILES string of the molecule is CC(C)C(Cc1ccccc1)NC(=S)c1ccccc1. The maximum Gasteiger partial charge on any atom is 0.106 e. The van der Waals surface area contributed by atoms with Crippen molar-refractivity contribution in [2.75, 3.05) is 0 Å². The molecule has 2 heteroatoms. The molecule has 1 N–H and O–H groups in total. The van der Waals surface area contributed by atoms with E-state index in [1.807, 2.05) is 18.2 Å². The molecule has 20 heavy (non-hydrogen) atoms. The average Bonchev–Trinajstić information content (AvgIpc) is 2.48. The van der Waals surface area contributed by atoms with E-state index in [2.05, 4.69) is 61.6 Å². The standard InChI is InChI=1S/C18H21NS/c1-14(2)17(13-15-9-5-3-6-10-15)19-18(20)16-11-7-4-8-12-16/h3-12,14,17H,13H2,1-2H3,(H,19,20). The van der Waals surface area contributed by atoms with Crippen LogP contribution in [0.4, 0.5) is 0 Å². The van der Waals surface area contributed by atoms with Crippen molar-refractivity contribution in [3.05, 3.63) is 71.8 Å². The fourth-order valence-electron chi connectivity index (χ4n) is 2.16. The molecule has 0 spiro atoms. The Morgan fingerprint density at radius 2 is 1.50 bits per heavy atom. The Kier molecular flexibility index (Phi) is 5.31. The Hall–Kier alpha value is -1.67. The van der Waals surface area contributed by atoms with Crippen LogP contribution in [-0.2, 0) is 6.42 Å². The number of thiocarbonyl (C=S) groups is 1. The van der Waals surface area contributed by atoms with Crippen LogP contribution >= 0.6 is 12.2 Å². The molecule has 0 bridgehead atoms. The van der Waals surface area contributed by atoms with Gasteiger partial charge in [-0.15, -0.1) is 0 Å². The molecule has 0 aliphatic rings. The van der Waals surface area contributed by atoms with E-state index in [4.69, 9.17) is 12.2 Å².